The average Bonchev–Trinajstić information content (AvgIpc) is 2.56. The molecule has 2 N–H and O–H groups in total. The van der Waals surface area contributed by atoms with E-state index in [2.05, 4.69) is 39.3 Å². The van der Waals surface area contributed by atoms with Gasteiger partial charge in [-0.15, -0.1) is 0 Å². The average molecular weight is 355 g/mol. The lowest BCUT2D eigenvalue weighted by Crippen LogP contribution is -2.27. The molecule has 0 unspecified atom stereocenters. The maximum atomic E-state index is 12.1. The van der Waals surface area contributed by atoms with Crippen molar-refractivity contribution in [2.45, 2.75) is 41.5 Å². The first-order valence-corrected chi connectivity index (χ1v) is 9.02. The Morgan fingerprint density at radius 3 is 2.15 bits per heavy atom. The van der Waals surface area contributed by atoms with E-state index >= 15 is 0 Å². The lowest BCUT2D eigenvalue weighted by Gasteiger charge is -2.21. The van der Waals surface area contributed by atoms with E-state index in [-0.39, 0.29) is 5.91 Å². The number of hydrogen-bond acceptors (Lipinski definition) is 5. The second-order valence-electron chi connectivity index (χ2n) is 7.24. The lowest BCUT2D eigenvalue weighted by atomic mass is 9.95. The number of benzene rings is 1. The Labute approximate surface area is 156 Å². The summed E-state index contributed by atoms with van der Waals surface area (Å²) < 4.78 is 0. The Kier molecular flexibility index (Phi) is 6.18. The van der Waals surface area contributed by atoms with Gasteiger partial charge in [-0.25, -0.2) is 9.97 Å². The first-order chi connectivity index (χ1) is 12.2. The monoisotopic (exact) mass is 355 g/mol. The molecule has 1 aromatic heterocycles. The molecular weight excluding hydrogens is 326 g/mol. The molecule has 0 atom stereocenters. The zero-order chi connectivity index (χ0) is 19.3. The number of carbonyl (C=O) groups is 1. The summed E-state index contributed by atoms with van der Waals surface area (Å²) in [5.41, 5.74) is 1.26. The highest BCUT2D eigenvalue weighted by Crippen LogP contribution is 2.22. The molecular formula is C20H29N5O. The summed E-state index contributed by atoms with van der Waals surface area (Å²) in [7, 11) is 0. The van der Waals surface area contributed by atoms with Crippen LogP contribution in [0, 0.1) is 12.3 Å². The van der Waals surface area contributed by atoms with Gasteiger partial charge in [0, 0.05) is 35.9 Å². The molecule has 0 aliphatic carbocycles. The summed E-state index contributed by atoms with van der Waals surface area (Å²) in [5.74, 6) is 2.39. The molecule has 26 heavy (non-hydrogen) atoms. The number of anilines is 4. The van der Waals surface area contributed by atoms with Gasteiger partial charge in [-0.1, -0.05) is 20.8 Å². The molecule has 0 saturated heterocycles. The SMILES string of the molecule is CCN(CC)c1cc(Nc2ccc(NC(=O)C(C)(C)C)cc2)nc(C)n1. The number of aromatic nitrogens is 2. The Balaban J connectivity index is 2.13. The first kappa shape index (κ1) is 19.7. The number of carbonyl (C=O) groups excluding carboxylic acids is 1. The molecule has 1 amide bonds. The van der Waals surface area contributed by atoms with Crippen LogP contribution >= 0.6 is 0 Å². The van der Waals surface area contributed by atoms with Crippen LogP contribution in [0.2, 0.25) is 0 Å². The minimum atomic E-state index is -0.420. The molecule has 140 valence electrons. The molecule has 1 aromatic carbocycles. The van der Waals surface area contributed by atoms with E-state index in [4.69, 9.17) is 0 Å². The Morgan fingerprint density at radius 1 is 1.04 bits per heavy atom. The fourth-order valence-corrected chi connectivity index (χ4v) is 2.43. The summed E-state index contributed by atoms with van der Waals surface area (Å²) >= 11 is 0. The van der Waals surface area contributed by atoms with E-state index in [9.17, 15) is 4.79 Å². The van der Waals surface area contributed by atoms with Crippen LogP contribution in [0.1, 0.15) is 40.4 Å². The summed E-state index contributed by atoms with van der Waals surface area (Å²) in [5, 5.41) is 6.23. The number of rotatable bonds is 6. The predicted molar refractivity (Wildman–Crippen MR) is 108 cm³/mol. The van der Waals surface area contributed by atoms with Crippen LogP contribution in [-0.4, -0.2) is 29.0 Å². The van der Waals surface area contributed by atoms with Gasteiger partial charge < -0.3 is 15.5 Å². The van der Waals surface area contributed by atoms with E-state index in [1.54, 1.807) is 0 Å². The van der Waals surface area contributed by atoms with Gasteiger partial charge in [0.1, 0.15) is 17.5 Å². The number of nitrogens with one attached hydrogen (secondary N) is 2. The molecule has 0 radical (unpaired) electrons. The Morgan fingerprint density at radius 2 is 1.62 bits per heavy atom. The summed E-state index contributed by atoms with van der Waals surface area (Å²) in [6.07, 6.45) is 0. The summed E-state index contributed by atoms with van der Waals surface area (Å²) in [4.78, 5) is 23.2. The normalized spacial score (nSPS) is 11.2. The van der Waals surface area contributed by atoms with Crippen molar-refractivity contribution < 1.29 is 4.79 Å². The van der Waals surface area contributed by atoms with Crippen molar-refractivity contribution in [1.82, 2.24) is 9.97 Å². The highest BCUT2D eigenvalue weighted by atomic mass is 16.2. The Hall–Kier alpha value is -2.63. The van der Waals surface area contributed by atoms with Crippen LogP contribution in [0.5, 0.6) is 0 Å². The van der Waals surface area contributed by atoms with Gasteiger partial charge in [0.15, 0.2) is 0 Å². The van der Waals surface area contributed by atoms with Gasteiger partial charge in [-0.05, 0) is 45.0 Å². The molecule has 0 aliphatic heterocycles. The number of hydrogen-bond donors (Lipinski definition) is 2. The van der Waals surface area contributed by atoms with Crippen LogP contribution in [-0.2, 0) is 4.79 Å². The summed E-state index contributed by atoms with van der Waals surface area (Å²) in [6.45, 7) is 13.6. The number of nitrogens with zero attached hydrogens (tertiary/aromatic N) is 3. The van der Waals surface area contributed by atoms with Gasteiger partial charge in [0.05, 0.1) is 0 Å². The van der Waals surface area contributed by atoms with E-state index in [0.29, 0.717) is 0 Å². The molecule has 0 aliphatic rings. The van der Waals surface area contributed by atoms with Crippen LogP contribution in [0.4, 0.5) is 23.0 Å². The molecule has 2 rings (SSSR count). The minimum absolute atomic E-state index is 0.00602. The maximum absolute atomic E-state index is 12.1. The zero-order valence-electron chi connectivity index (χ0n) is 16.6. The highest BCUT2D eigenvalue weighted by Gasteiger charge is 2.21. The highest BCUT2D eigenvalue weighted by molar-refractivity contribution is 5.94. The van der Waals surface area contributed by atoms with Crippen molar-refractivity contribution in [3.05, 3.63) is 36.2 Å². The zero-order valence-corrected chi connectivity index (χ0v) is 16.6. The van der Waals surface area contributed by atoms with Crippen LogP contribution in [0.3, 0.4) is 0 Å². The van der Waals surface area contributed by atoms with E-state index in [0.717, 1.165) is 41.9 Å². The third kappa shape index (κ3) is 5.18. The minimum Gasteiger partial charge on any atom is -0.357 e. The third-order valence-electron chi connectivity index (χ3n) is 4.01. The fraction of sp³-hybridized carbons (Fsp3) is 0.450. The third-order valence-corrected chi connectivity index (χ3v) is 4.01. The van der Waals surface area contributed by atoms with Crippen LogP contribution in [0.15, 0.2) is 30.3 Å². The smallest absolute Gasteiger partial charge is 0.229 e. The van der Waals surface area contributed by atoms with Crippen molar-refractivity contribution in [3.63, 3.8) is 0 Å². The lowest BCUT2D eigenvalue weighted by molar-refractivity contribution is -0.123. The molecule has 0 spiro atoms. The van der Waals surface area contributed by atoms with Crippen LogP contribution in [0.25, 0.3) is 0 Å². The van der Waals surface area contributed by atoms with Gasteiger partial charge in [0.2, 0.25) is 5.91 Å². The van der Waals surface area contributed by atoms with Crippen molar-refractivity contribution in [2.24, 2.45) is 5.41 Å². The van der Waals surface area contributed by atoms with Gasteiger partial charge >= 0.3 is 0 Å². The van der Waals surface area contributed by atoms with Gasteiger partial charge in [0.25, 0.3) is 0 Å². The second kappa shape index (κ2) is 8.17. The van der Waals surface area contributed by atoms with E-state index < -0.39 is 5.41 Å². The van der Waals surface area contributed by atoms with Crippen molar-refractivity contribution >= 4 is 28.9 Å². The molecule has 0 bridgehead atoms. The standard InChI is InChI=1S/C20H29N5O/c1-7-25(8-2)18-13-17(21-14(3)22-18)23-15-9-11-16(12-10-15)24-19(26)20(4,5)6/h9-13H,7-8H2,1-6H3,(H,24,26)(H,21,22,23). The predicted octanol–water partition coefficient (Wildman–Crippen LogP) is 4.36. The van der Waals surface area contributed by atoms with E-state index in [1.165, 1.54) is 0 Å². The molecule has 0 fully saturated rings. The summed E-state index contributed by atoms with van der Waals surface area (Å²) in [6, 6.07) is 9.56. The van der Waals surface area contributed by atoms with Gasteiger partial charge in [-0.2, -0.15) is 0 Å². The number of amides is 1. The largest absolute Gasteiger partial charge is 0.357 e. The van der Waals surface area contributed by atoms with Crippen molar-refractivity contribution in [1.29, 1.82) is 0 Å². The van der Waals surface area contributed by atoms with Crippen LogP contribution < -0.4 is 15.5 Å². The number of aryl methyl sites for hydroxylation is 1. The quantitative estimate of drug-likeness (QED) is 0.806. The molecule has 0 saturated carbocycles. The first-order valence-electron chi connectivity index (χ1n) is 9.02. The second-order valence-corrected chi connectivity index (χ2v) is 7.24. The van der Waals surface area contributed by atoms with Crippen molar-refractivity contribution in [2.75, 3.05) is 28.6 Å². The fourth-order valence-electron chi connectivity index (χ4n) is 2.43. The molecule has 6 heteroatoms. The Bertz CT molecular complexity index is 746. The van der Waals surface area contributed by atoms with Crippen molar-refractivity contribution in [3.8, 4) is 0 Å². The maximum Gasteiger partial charge on any atom is 0.229 e. The molecule has 2 aromatic rings. The van der Waals surface area contributed by atoms with E-state index in [1.807, 2.05) is 58.0 Å². The molecule has 6 nitrogen and oxygen atoms in total. The van der Waals surface area contributed by atoms with Gasteiger partial charge in [-0.3, -0.25) is 4.79 Å². The molecule has 1 heterocycles. The topological polar surface area (TPSA) is 70.2 Å².